The number of benzene rings is 1. The molecular formula is C10H10N2O3. The molecule has 0 radical (unpaired) electrons. The molecule has 0 bridgehead atoms. The molecule has 1 aromatic heterocycles. The summed E-state index contributed by atoms with van der Waals surface area (Å²) < 4.78 is 15.3. The largest absolute Gasteiger partial charge is 0.497 e. The molecule has 0 N–H and O–H groups in total. The lowest BCUT2D eigenvalue weighted by atomic mass is 10.2. The van der Waals surface area contributed by atoms with Gasteiger partial charge in [0.15, 0.2) is 0 Å². The van der Waals surface area contributed by atoms with E-state index in [9.17, 15) is 0 Å². The van der Waals surface area contributed by atoms with E-state index < -0.39 is 0 Å². The van der Waals surface area contributed by atoms with Crippen molar-refractivity contribution in [2.75, 3.05) is 14.2 Å². The fourth-order valence-corrected chi connectivity index (χ4v) is 1.23. The number of ether oxygens (including phenoxy) is 2. The van der Waals surface area contributed by atoms with Crippen molar-refractivity contribution < 1.29 is 13.9 Å². The first-order valence-corrected chi connectivity index (χ1v) is 4.33. The molecule has 0 amide bonds. The summed E-state index contributed by atoms with van der Waals surface area (Å²) in [5, 5.41) is 7.42. The maximum atomic E-state index is 5.13. The van der Waals surface area contributed by atoms with Crippen LogP contribution in [0.2, 0.25) is 0 Å². The molecule has 2 aromatic rings. The van der Waals surface area contributed by atoms with Gasteiger partial charge in [-0.1, -0.05) is 0 Å². The van der Waals surface area contributed by atoms with E-state index in [1.807, 2.05) is 0 Å². The maximum absolute atomic E-state index is 5.13. The molecule has 0 aliphatic heterocycles. The predicted molar refractivity (Wildman–Crippen MR) is 52.8 cm³/mol. The zero-order valence-corrected chi connectivity index (χ0v) is 8.43. The Morgan fingerprint density at radius 1 is 1.07 bits per heavy atom. The average Bonchev–Trinajstić information content (AvgIpc) is 2.81. The van der Waals surface area contributed by atoms with Crippen LogP contribution in [0, 0.1) is 0 Å². The lowest BCUT2D eigenvalue weighted by Crippen LogP contribution is -1.88. The molecule has 0 aliphatic rings. The van der Waals surface area contributed by atoms with Crippen LogP contribution < -0.4 is 9.47 Å². The maximum Gasteiger partial charge on any atom is 0.247 e. The Morgan fingerprint density at radius 3 is 2.20 bits per heavy atom. The standard InChI is InChI=1S/C10H10N2O3/c1-13-8-3-7(4-9(5-8)14-2)10-12-11-6-15-10/h3-6H,1-2H3. The molecule has 78 valence electrons. The molecule has 0 fully saturated rings. The lowest BCUT2D eigenvalue weighted by Gasteiger charge is -2.05. The minimum atomic E-state index is 0.437. The third-order valence-electron chi connectivity index (χ3n) is 1.96. The topological polar surface area (TPSA) is 57.4 Å². The molecule has 0 atom stereocenters. The van der Waals surface area contributed by atoms with Gasteiger partial charge in [0.25, 0.3) is 0 Å². The Bertz CT molecular complexity index is 418. The molecule has 0 unspecified atom stereocenters. The van der Waals surface area contributed by atoms with Gasteiger partial charge >= 0.3 is 0 Å². The molecular weight excluding hydrogens is 196 g/mol. The van der Waals surface area contributed by atoms with Crippen LogP contribution in [0.3, 0.4) is 0 Å². The van der Waals surface area contributed by atoms with Gasteiger partial charge in [0.05, 0.1) is 14.2 Å². The van der Waals surface area contributed by atoms with Crippen molar-refractivity contribution >= 4 is 0 Å². The van der Waals surface area contributed by atoms with Gasteiger partial charge in [-0.2, -0.15) is 0 Å². The van der Waals surface area contributed by atoms with Crippen molar-refractivity contribution in [1.29, 1.82) is 0 Å². The van der Waals surface area contributed by atoms with Gasteiger partial charge in [-0.25, -0.2) is 0 Å². The van der Waals surface area contributed by atoms with E-state index >= 15 is 0 Å². The smallest absolute Gasteiger partial charge is 0.247 e. The average molecular weight is 206 g/mol. The second-order valence-corrected chi connectivity index (χ2v) is 2.85. The van der Waals surface area contributed by atoms with Crippen LogP contribution in [0.5, 0.6) is 11.5 Å². The van der Waals surface area contributed by atoms with Gasteiger partial charge in [0.2, 0.25) is 12.3 Å². The van der Waals surface area contributed by atoms with Crippen LogP contribution in [0.15, 0.2) is 29.0 Å². The number of hydrogen-bond donors (Lipinski definition) is 0. The van der Waals surface area contributed by atoms with Crippen molar-refractivity contribution in [3.8, 4) is 23.0 Å². The quantitative estimate of drug-likeness (QED) is 0.765. The van der Waals surface area contributed by atoms with E-state index in [2.05, 4.69) is 10.2 Å². The van der Waals surface area contributed by atoms with E-state index in [-0.39, 0.29) is 0 Å². The van der Waals surface area contributed by atoms with E-state index in [1.165, 1.54) is 6.39 Å². The zero-order chi connectivity index (χ0) is 10.7. The first-order chi connectivity index (χ1) is 7.33. The summed E-state index contributed by atoms with van der Waals surface area (Å²) in [5.41, 5.74) is 0.767. The van der Waals surface area contributed by atoms with E-state index in [0.717, 1.165) is 5.56 Å². The third kappa shape index (κ3) is 1.90. The van der Waals surface area contributed by atoms with Crippen LogP contribution in [-0.2, 0) is 0 Å². The summed E-state index contributed by atoms with van der Waals surface area (Å²) in [6, 6.07) is 5.38. The summed E-state index contributed by atoms with van der Waals surface area (Å²) in [6.07, 6.45) is 1.28. The number of aromatic nitrogens is 2. The minimum absolute atomic E-state index is 0.437. The molecule has 0 spiro atoms. The summed E-state index contributed by atoms with van der Waals surface area (Å²) in [5.74, 6) is 1.80. The number of rotatable bonds is 3. The summed E-state index contributed by atoms with van der Waals surface area (Å²) in [4.78, 5) is 0. The highest BCUT2D eigenvalue weighted by molar-refractivity contribution is 5.59. The lowest BCUT2D eigenvalue weighted by molar-refractivity contribution is 0.394. The Labute approximate surface area is 86.6 Å². The SMILES string of the molecule is COc1cc(OC)cc(-c2nnco2)c1. The normalized spacial score (nSPS) is 10.0. The molecule has 1 heterocycles. The molecule has 1 aromatic carbocycles. The van der Waals surface area contributed by atoms with E-state index in [4.69, 9.17) is 13.9 Å². The number of methoxy groups -OCH3 is 2. The first kappa shape index (κ1) is 9.51. The highest BCUT2D eigenvalue weighted by Crippen LogP contribution is 2.28. The zero-order valence-electron chi connectivity index (χ0n) is 8.43. The van der Waals surface area contributed by atoms with Gasteiger partial charge in [0, 0.05) is 11.6 Å². The Hall–Kier alpha value is -2.04. The van der Waals surface area contributed by atoms with Crippen molar-refractivity contribution in [2.24, 2.45) is 0 Å². The van der Waals surface area contributed by atoms with Gasteiger partial charge in [-0.05, 0) is 12.1 Å². The monoisotopic (exact) mass is 206 g/mol. The second kappa shape index (κ2) is 4.00. The van der Waals surface area contributed by atoms with Crippen LogP contribution in [0.4, 0.5) is 0 Å². The van der Waals surface area contributed by atoms with Crippen LogP contribution in [0.25, 0.3) is 11.5 Å². The molecule has 0 saturated heterocycles. The number of nitrogens with zero attached hydrogens (tertiary/aromatic N) is 2. The summed E-state index contributed by atoms with van der Waals surface area (Å²) >= 11 is 0. The summed E-state index contributed by atoms with van der Waals surface area (Å²) in [6.45, 7) is 0. The van der Waals surface area contributed by atoms with Crippen LogP contribution in [-0.4, -0.2) is 24.4 Å². The van der Waals surface area contributed by atoms with Crippen LogP contribution >= 0.6 is 0 Å². The molecule has 0 saturated carbocycles. The van der Waals surface area contributed by atoms with Crippen molar-refractivity contribution in [3.05, 3.63) is 24.6 Å². The van der Waals surface area contributed by atoms with Gasteiger partial charge in [0.1, 0.15) is 11.5 Å². The van der Waals surface area contributed by atoms with Crippen LogP contribution in [0.1, 0.15) is 0 Å². The fourth-order valence-electron chi connectivity index (χ4n) is 1.23. The van der Waals surface area contributed by atoms with Crippen molar-refractivity contribution in [2.45, 2.75) is 0 Å². The minimum Gasteiger partial charge on any atom is -0.497 e. The molecule has 5 nitrogen and oxygen atoms in total. The number of hydrogen-bond acceptors (Lipinski definition) is 5. The van der Waals surface area contributed by atoms with E-state index in [1.54, 1.807) is 32.4 Å². The summed E-state index contributed by atoms with van der Waals surface area (Å²) in [7, 11) is 3.18. The van der Waals surface area contributed by atoms with Gasteiger partial charge in [-0.15, -0.1) is 10.2 Å². The third-order valence-corrected chi connectivity index (χ3v) is 1.96. The van der Waals surface area contributed by atoms with Crippen molar-refractivity contribution in [1.82, 2.24) is 10.2 Å². The van der Waals surface area contributed by atoms with Gasteiger partial charge < -0.3 is 13.9 Å². The fraction of sp³-hybridized carbons (Fsp3) is 0.200. The molecule has 2 rings (SSSR count). The van der Waals surface area contributed by atoms with Crippen molar-refractivity contribution in [3.63, 3.8) is 0 Å². The highest BCUT2D eigenvalue weighted by atomic mass is 16.5. The Kier molecular flexibility index (Phi) is 2.53. The Balaban J connectivity index is 2.47. The highest BCUT2D eigenvalue weighted by Gasteiger charge is 2.07. The molecule has 5 heteroatoms. The molecule has 0 aliphatic carbocycles. The Morgan fingerprint density at radius 2 is 1.73 bits per heavy atom. The van der Waals surface area contributed by atoms with Gasteiger partial charge in [-0.3, -0.25) is 0 Å². The van der Waals surface area contributed by atoms with E-state index in [0.29, 0.717) is 17.4 Å². The molecule has 15 heavy (non-hydrogen) atoms. The second-order valence-electron chi connectivity index (χ2n) is 2.85. The first-order valence-electron chi connectivity index (χ1n) is 4.33. The predicted octanol–water partition coefficient (Wildman–Crippen LogP) is 1.75.